The molecule has 0 N–H and O–H groups in total. The van der Waals surface area contributed by atoms with Crippen molar-refractivity contribution in [3.05, 3.63) is 95.5 Å². The number of hydrogen-bond acceptors (Lipinski definition) is 4. The Morgan fingerprint density at radius 3 is 2.14 bits per heavy atom. The highest BCUT2D eigenvalue weighted by Crippen LogP contribution is 2.30. The highest BCUT2D eigenvalue weighted by atomic mass is 35.5. The number of halogens is 1. The first-order chi connectivity index (χ1) is 14.1. The van der Waals surface area contributed by atoms with Crippen LogP contribution in [0.1, 0.15) is 12.5 Å². The molecular formula is C24H18ClN3O. The van der Waals surface area contributed by atoms with E-state index in [0.29, 0.717) is 10.9 Å². The molecule has 3 aromatic rings. The molecule has 0 aromatic heterocycles. The van der Waals surface area contributed by atoms with Gasteiger partial charge in [0.25, 0.3) is 0 Å². The second kappa shape index (κ2) is 8.22. The summed E-state index contributed by atoms with van der Waals surface area (Å²) >= 11 is 6.07. The van der Waals surface area contributed by atoms with Crippen molar-refractivity contribution >= 4 is 34.6 Å². The zero-order chi connectivity index (χ0) is 20.2. The molecule has 4 rings (SSSR count). The van der Waals surface area contributed by atoms with Crippen molar-refractivity contribution in [2.45, 2.75) is 13.1 Å². The van der Waals surface area contributed by atoms with Crippen molar-refractivity contribution in [2.75, 3.05) is 9.91 Å². The van der Waals surface area contributed by atoms with E-state index in [9.17, 15) is 4.79 Å². The van der Waals surface area contributed by atoms with Crippen molar-refractivity contribution in [3.8, 4) is 11.8 Å². The molecule has 0 unspecified atom stereocenters. The standard InChI is InChI=1S/C24H18ClN3O/c1-18(29)24-26-28(22-10-6-3-7-11-22)23(17-12-19-8-4-2-5-9-19)27(24)21-15-13-20(25)14-16-21/h2-11,13-16,23H,1H3/t23-/m0/s1. The Balaban J connectivity index is 1.83. The molecule has 1 aliphatic heterocycles. The normalized spacial score (nSPS) is 15.5. The number of anilines is 2. The summed E-state index contributed by atoms with van der Waals surface area (Å²) in [6, 6.07) is 26.8. The summed E-state index contributed by atoms with van der Waals surface area (Å²) in [6.07, 6.45) is -0.474. The number of carbonyl (C=O) groups excluding carboxylic acids is 1. The number of amidine groups is 1. The molecule has 0 radical (unpaired) electrons. The van der Waals surface area contributed by atoms with Crippen molar-refractivity contribution in [2.24, 2.45) is 5.10 Å². The van der Waals surface area contributed by atoms with Gasteiger partial charge in [-0.15, -0.1) is 5.10 Å². The summed E-state index contributed by atoms with van der Waals surface area (Å²) < 4.78 is 0. The van der Waals surface area contributed by atoms with Crippen LogP contribution in [0.15, 0.2) is 90.0 Å². The minimum absolute atomic E-state index is 0.134. The van der Waals surface area contributed by atoms with E-state index in [1.165, 1.54) is 6.92 Å². The predicted molar refractivity (Wildman–Crippen MR) is 118 cm³/mol. The molecule has 3 aromatic carbocycles. The average Bonchev–Trinajstić information content (AvgIpc) is 3.14. The van der Waals surface area contributed by atoms with Gasteiger partial charge in [0.05, 0.1) is 5.69 Å². The summed E-state index contributed by atoms with van der Waals surface area (Å²) in [7, 11) is 0. The Hall–Kier alpha value is -3.55. The summed E-state index contributed by atoms with van der Waals surface area (Å²) in [5, 5.41) is 7.03. The van der Waals surface area contributed by atoms with Gasteiger partial charge in [-0.1, -0.05) is 53.9 Å². The molecule has 1 aliphatic rings. The van der Waals surface area contributed by atoms with Crippen LogP contribution in [0.25, 0.3) is 0 Å². The maximum atomic E-state index is 12.4. The minimum Gasteiger partial charge on any atom is -0.291 e. The van der Waals surface area contributed by atoms with Crippen LogP contribution >= 0.6 is 11.6 Å². The van der Waals surface area contributed by atoms with Gasteiger partial charge in [0.2, 0.25) is 0 Å². The number of Topliss-reactive ketones (excluding diaryl/α,β-unsaturated/α-hetero) is 1. The first kappa shape index (κ1) is 18.8. The molecule has 4 nitrogen and oxygen atoms in total. The van der Waals surface area contributed by atoms with E-state index >= 15 is 0 Å². The van der Waals surface area contributed by atoms with Crippen LogP contribution in [0.5, 0.6) is 0 Å². The molecular weight excluding hydrogens is 382 g/mol. The number of carbonyl (C=O) groups is 1. The Kier molecular flexibility index (Phi) is 5.33. The van der Waals surface area contributed by atoms with E-state index < -0.39 is 6.17 Å². The number of hydrogen-bond donors (Lipinski definition) is 0. The van der Waals surface area contributed by atoms with E-state index in [0.717, 1.165) is 16.9 Å². The highest BCUT2D eigenvalue weighted by molar-refractivity contribution is 6.44. The van der Waals surface area contributed by atoms with Crippen LogP contribution in [0.3, 0.4) is 0 Å². The molecule has 0 saturated heterocycles. The average molecular weight is 400 g/mol. The Labute approximate surface area is 175 Å². The van der Waals surface area contributed by atoms with Crippen LogP contribution in [-0.2, 0) is 4.79 Å². The first-order valence-corrected chi connectivity index (χ1v) is 9.56. The van der Waals surface area contributed by atoms with Gasteiger partial charge >= 0.3 is 0 Å². The third-order valence-corrected chi connectivity index (χ3v) is 4.72. The van der Waals surface area contributed by atoms with E-state index in [1.54, 1.807) is 17.1 Å². The first-order valence-electron chi connectivity index (χ1n) is 9.19. The Bertz CT molecular complexity index is 1100. The number of nitrogens with zero attached hydrogens (tertiary/aromatic N) is 3. The van der Waals surface area contributed by atoms with Crippen LogP contribution in [0, 0.1) is 11.8 Å². The van der Waals surface area contributed by atoms with E-state index in [1.807, 2.05) is 77.7 Å². The smallest absolute Gasteiger partial charge is 0.199 e. The second-order valence-corrected chi connectivity index (χ2v) is 6.95. The van der Waals surface area contributed by atoms with Gasteiger partial charge in [0, 0.05) is 23.2 Å². The fraction of sp³-hybridized carbons (Fsp3) is 0.0833. The van der Waals surface area contributed by atoms with Crippen LogP contribution in [0.4, 0.5) is 11.4 Å². The number of para-hydroxylation sites is 1. The van der Waals surface area contributed by atoms with E-state index in [4.69, 9.17) is 11.6 Å². The number of hydrazone groups is 1. The number of rotatable bonds is 3. The highest BCUT2D eigenvalue weighted by Gasteiger charge is 2.37. The molecule has 29 heavy (non-hydrogen) atoms. The molecule has 0 amide bonds. The molecule has 0 saturated carbocycles. The molecule has 1 atom stereocenters. The molecule has 5 heteroatoms. The topological polar surface area (TPSA) is 35.9 Å². The van der Waals surface area contributed by atoms with Gasteiger partial charge in [-0.05, 0) is 54.5 Å². The lowest BCUT2D eigenvalue weighted by atomic mass is 10.2. The van der Waals surface area contributed by atoms with Crippen LogP contribution < -0.4 is 9.91 Å². The Morgan fingerprint density at radius 2 is 1.52 bits per heavy atom. The van der Waals surface area contributed by atoms with Crippen molar-refractivity contribution < 1.29 is 4.79 Å². The van der Waals surface area contributed by atoms with Crippen molar-refractivity contribution in [1.29, 1.82) is 0 Å². The fourth-order valence-corrected chi connectivity index (χ4v) is 3.24. The van der Waals surface area contributed by atoms with Crippen molar-refractivity contribution in [3.63, 3.8) is 0 Å². The summed E-state index contributed by atoms with van der Waals surface area (Å²) in [6.45, 7) is 1.51. The second-order valence-electron chi connectivity index (χ2n) is 6.52. The van der Waals surface area contributed by atoms with Gasteiger partial charge in [-0.3, -0.25) is 9.69 Å². The van der Waals surface area contributed by atoms with Crippen LogP contribution in [0.2, 0.25) is 5.02 Å². The number of benzene rings is 3. The zero-order valence-corrected chi connectivity index (χ0v) is 16.5. The van der Waals surface area contributed by atoms with Gasteiger partial charge in [0.1, 0.15) is 0 Å². The van der Waals surface area contributed by atoms with Crippen molar-refractivity contribution in [1.82, 2.24) is 0 Å². The Morgan fingerprint density at radius 1 is 0.897 bits per heavy atom. The minimum atomic E-state index is -0.474. The monoisotopic (exact) mass is 399 g/mol. The summed E-state index contributed by atoms with van der Waals surface area (Å²) in [4.78, 5) is 14.3. The molecule has 0 bridgehead atoms. The maximum Gasteiger partial charge on any atom is 0.199 e. The third kappa shape index (κ3) is 4.01. The predicted octanol–water partition coefficient (Wildman–Crippen LogP) is 4.95. The molecule has 1 heterocycles. The molecule has 0 fully saturated rings. The fourth-order valence-electron chi connectivity index (χ4n) is 3.11. The van der Waals surface area contributed by atoms with Gasteiger partial charge < -0.3 is 0 Å². The lowest BCUT2D eigenvalue weighted by Crippen LogP contribution is -2.43. The van der Waals surface area contributed by atoms with E-state index in [2.05, 4.69) is 16.9 Å². The van der Waals surface area contributed by atoms with E-state index in [-0.39, 0.29) is 5.78 Å². The third-order valence-electron chi connectivity index (χ3n) is 4.47. The quantitative estimate of drug-likeness (QED) is 0.585. The lowest BCUT2D eigenvalue weighted by molar-refractivity contribution is -0.111. The molecule has 0 spiro atoms. The number of ketones is 1. The SMILES string of the molecule is CC(=O)C1=NN(c2ccccc2)[C@@H](C#Cc2ccccc2)N1c1ccc(Cl)cc1. The summed E-state index contributed by atoms with van der Waals surface area (Å²) in [5.74, 6) is 6.71. The molecule has 142 valence electrons. The summed E-state index contributed by atoms with van der Waals surface area (Å²) in [5.41, 5.74) is 2.55. The molecule has 0 aliphatic carbocycles. The zero-order valence-electron chi connectivity index (χ0n) is 15.8. The maximum absolute atomic E-state index is 12.4. The lowest BCUT2D eigenvalue weighted by Gasteiger charge is -2.27. The van der Waals surface area contributed by atoms with Crippen LogP contribution in [-0.4, -0.2) is 17.8 Å². The largest absolute Gasteiger partial charge is 0.291 e. The van der Waals surface area contributed by atoms with Gasteiger partial charge in [-0.25, -0.2) is 5.01 Å². The van der Waals surface area contributed by atoms with Gasteiger partial charge in [0.15, 0.2) is 17.8 Å². The van der Waals surface area contributed by atoms with Gasteiger partial charge in [-0.2, -0.15) is 0 Å².